The van der Waals surface area contributed by atoms with Gasteiger partial charge in [0.1, 0.15) is 0 Å². The van der Waals surface area contributed by atoms with E-state index in [1.54, 1.807) is 0 Å². The van der Waals surface area contributed by atoms with Gasteiger partial charge < -0.3 is 4.74 Å². The fourth-order valence-electron chi connectivity index (χ4n) is 3.20. The van der Waals surface area contributed by atoms with E-state index in [0.717, 1.165) is 6.42 Å². The maximum Gasteiger partial charge on any atom is 0.299 e. The number of imide groups is 1. The Morgan fingerprint density at radius 2 is 1.73 bits per heavy atom. The second kappa shape index (κ2) is 6.06. The van der Waals surface area contributed by atoms with Gasteiger partial charge in [0.05, 0.1) is 24.0 Å². The summed E-state index contributed by atoms with van der Waals surface area (Å²) in [4.78, 5) is 26.0. The lowest BCUT2D eigenvalue weighted by Crippen LogP contribution is -2.39. The van der Waals surface area contributed by atoms with Crippen LogP contribution in [-0.4, -0.2) is 48.6 Å². The SMILES string of the molecule is CCCNP(=O)(Cl)NCCN1C(=O)C2C3C=CC(O3)C2C1=O. The number of hydrogen-bond acceptors (Lipinski definition) is 4. The van der Waals surface area contributed by atoms with Crippen molar-refractivity contribution in [1.82, 2.24) is 15.1 Å². The number of ether oxygens (including phenoxy) is 1. The molecule has 3 aliphatic heterocycles. The number of nitrogens with one attached hydrogen (secondary N) is 2. The molecule has 0 aliphatic carbocycles. The van der Waals surface area contributed by atoms with Crippen LogP contribution in [0.2, 0.25) is 0 Å². The van der Waals surface area contributed by atoms with Gasteiger partial charge in [-0.25, -0.2) is 10.2 Å². The van der Waals surface area contributed by atoms with Gasteiger partial charge in [-0.1, -0.05) is 19.1 Å². The number of nitrogens with zero attached hydrogens (tertiary/aromatic N) is 1. The molecule has 3 aliphatic rings. The second-order valence-electron chi connectivity index (χ2n) is 5.68. The highest BCUT2D eigenvalue weighted by Gasteiger charge is 2.60. The van der Waals surface area contributed by atoms with Crippen LogP contribution < -0.4 is 10.2 Å². The van der Waals surface area contributed by atoms with Crippen LogP contribution in [0.15, 0.2) is 12.2 Å². The van der Waals surface area contributed by atoms with Crippen molar-refractivity contribution < 1.29 is 18.9 Å². The Labute approximate surface area is 133 Å². The topological polar surface area (TPSA) is 87.7 Å². The van der Waals surface area contributed by atoms with Crippen LogP contribution in [0, 0.1) is 11.8 Å². The number of rotatable bonds is 7. The zero-order chi connectivity index (χ0) is 15.9. The molecule has 0 spiro atoms. The van der Waals surface area contributed by atoms with Crippen molar-refractivity contribution in [3.63, 3.8) is 0 Å². The molecule has 122 valence electrons. The molecular weight excluding hydrogens is 329 g/mol. The van der Waals surface area contributed by atoms with E-state index in [4.69, 9.17) is 16.0 Å². The Balaban J connectivity index is 1.55. The molecule has 5 atom stereocenters. The number of hydrogen-bond donors (Lipinski definition) is 2. The van der Waals surface area contributed by atoms with Gasteiger partial charge in [0.2, 0.25) is 11.8 Å². The van der Waals surface area contributed by atoms with Gasteiger partial charge >= 0.3 is 0 Å². The van der Waals surface area contributed by atoms with Crippen LogP contribution in [0.25, 0.3) is 0 Å². The fourth-order valence-corrected chi connectivity index (χ4v) is 4.72. The average molecular weight is 348 g/mol. The highest BCUT2D eigenvalue weighted by molar-refractivity contribution is 7.86. The van der Waals surface area contributed by atoms with Crippen molar-refractivity contribution in [2.45, 2.75) is 25.6 Å². The van der Waals surface area contributed by atoms with Crippen molar-refractivity contribution >= 4 is 29.9 Å². The Kier molecular flexibility index (Phi) is 4.45. The third-order valence-electron chi connectivity index (χ3n) is 4.22. The lowest BCUT2D eigenvalue weighted by Gasteiger charge is -2.19. The number of carbonyl (C=O) groups excluding carboxylic acids is 2. The summed E-state index contributed by atoms with van der Waals surface area (Å²) < 4.78 is 17.5. The predicted octanol–water partition coefficient (Wildman–Crippen LogP) is 0.861. The van der Waals surface area contributed by atoms with Crippen LogP contribution in [0.5, 0.6) is 0 Å². The van der Waals surface area contributed by atoms with Gasteiger partial charge in [-0.15, -0.1) is 0 Å². The number of carbonyl (C=O) groups is 2. The molecule has 5 unspecified atom stereocenters. The summed E-state index contributed by atoms with van der Waals surface area (Å²) in [5, 5.41) is 5.39. The number of halogens is 1. The fraction of sp³-hybridized carbons (Fsp3) is 0.692. The third kappa shape index (κ3) is 2.76. The number of amides is 2. The predicted molar refractivity (Wildman–Crippen MR) is 81.3 cm³/mol. The van der Waals surface area contributed by atoms with Crippen LogP contribution in [0.4, 0.5) is 0 Å². The summed E-state index contributed by atoms with van der Waals surface area (Å²) in [5.41, 5.74) is 0. The van der Waals surface area contributed by atoms with E-state index in [0.29, 0.717) is 6.54 Å². The molecule has 22 heavy (non-hydrogen) atoms. The van der Waals surface area contributed by atoms with E-state index < -0.39 is 18.6 Å². The monoisotopic (exact) mass is 347 g/mol. The first-order valence-corrected chi connectivity index (χ1v) is 10.0. The highest BCUT2D eigenvalue weighted by atomic mass is 35.7. The van der Waals surface area contributed by atoms with Crippen molar-refractivity contribution in [2.24, 2.45) is 11.8 Å². The van der Waals surface area contributed by atoms with Gasteiger partial charge in [-0.2, -0.15) is 0 Å². The van der Waals surface area contributed by atoms with Gasteiger partial charge in [0.25, 0.3) is 6.80 Å². The quantitative estimate of drug-likeness (QED) is 0.403. The second-order valence-corrected chi connectivity index (χ2v) is 8.80. The van der Waals surface area contributed by atoms with E-state index in [1.165, 1.54) is 4.90 Å². The lowest BCUT2D eigenvalue weighted by atomic mass is 9.85. The van der Waals surface area contributed by atoms with E-state index in [-0.39, 0.29) is 37.1 Å². The molecule has 0 radical (unpaired) electrons. The average Bonchev–Trinajstić information content (AvgIpc) is 3.14. The molecule has 0 aromatic rings. The molecule has 2 bridgehead atoms. The zero-order valence-electron chi connectivity index (χ0n) is 12.2. The summed E-state index contributed by atoms with van der Waals surface area (Å²) in [6, 6.07) is 0. The first-order valence-electron chi connectivity index (χ1n) is 7.43. The standard InChI is InChI=1S/C13H19ClN3O4P/c1-2-5-15-22(14,20)16-6-7-17-12(18)10-8-3-4-9(21-8)11(10)13(17)19/h3-4,8-11H,2,5-7H2,1H3,(H2,15,16,20). The maximum absolute atomic E-state index is 12.4. The van der Waals surface area contributed by atoms with Crippen LogP contribution in [0.1, 0.15) is 13.3 Å². The molecule has 2 saturated heterocycles. The summed E-state index contributed by atoms with van der Waals surface area (Å²) in [7, 11) is 0. The summed E-state index contributed by atoms with van der Waals surface area (Å²) in [6.07, 6.45) is 3.94. The Hall–Kier alpha value is -0.720. The Morgan fingerprint density at radius 3 is 2.27 bits per heavy atom. The minimum Gasteiger partial charge on any atom is -0.365 e. The van der Waals surface area contributed by atoms with Crippen LogP contribution in [-0.2, 0) is 18.9 Å². The molecule has 2 N–H and O–H groups in total. The Bertz CT molecular complexity index is 539. The minimum atomic E-state index is -3.15. The van der Waals surface area contributed by atoms with E-state index in [1.807, 2.05) is 19.1 Å². The maximum atomic E-state index is 12.4. The van der Waals surface area contributed by atoms with Gasteiger partial charge in [-0.3, -0.25) is 19.1 Å². The third-order valence-corrected chi connectivity index (χ3v) is 6.20. The largest absolute Gasteiger partial charge is 0.365 e. The summed E-state index contributed by atoms with van der Waals surface area (Å²) in [6.45, 7) is -0.328. The summed E-state index contributed by atoms with van der Waals surface area (Å²) >= 11 is 5.84. The molecule has 2 amide bonds. The van der Waals surface area contributed by atoms with Gasteiger partial charge in [-0.05, 0) is 17.7 Å². The molecule has 9 heteroatoms. The van der Waals surface area contributed by atoms with Gasteiger partial charge in [0.15, 0.2) is 0 Å². The molecular formula is C13H19ClN3O4P. The molecule has 0 aromatic carbocycles. The van der Waals surface area contributed by atoms with E-state index in [9.17, 15) is 14.2 Å². The molecule has 0 aromatic heterocycles. The number of likely N-dealkylation sites (tertiary alicyclic amines) is 1. The van der Waals surface area contributed by atoms with Gasteiger partial charge in [0, 0.05) is 19.6 Å². The molecule has 0 saturated carbocycles. The van der Waals surface area contributed by atoms with Crippen molar-refractivity contribution in [3.05, 3.63) is 12.2 Å². The first-order chi connectivity index (χ1) is 10.4. The Morgan fingerprint density at radius 1 is 1.18 bits per heavy atom. The van der Waals surface area contributed by atoms with Crippen molar-refractivity contribution in [1.29, 1.82) is 0 Å². The highest BCUT2D eigenvalue weighted by Crippen LogP contribution is 2.45. The van der Waals surface area contributed by atoms with Crippen LogP contribution in [0.3, 0.4) is 0 Å². The van der Waals surface area contributed by atoms with E-state index in [2.05, 4.69) is 10.2 Å². The molecule has 3 rings (SSSR count). The lowest BCUT2D eigenvalue weighted by molar-refractivity contribution is -0.142. The van der Waals surface area contributed by atoms with Crippen LogP contribution >= 0.6 is 18.0 Å². The smallest absolute Gasteiger partial charge is 0.299 e. The minimum absolute atomic E-state index is 0.161. The normalized spacial score (nSPS) is 35.3. The molecule has 3 heterocycles. The molecule has 7 nitrogen and oxygen atoms in total. The van der Waals surface area contributed by atoms with Crippen molar-refractivity contribution in [3.8, 4) is 0 Å². The molecule has 2 fully saturated rings. The summed E-state index contributed by atoms with van der Waals surface area (Å²) in [5.74, 6) is -1.22. The van der Waals surface area contributed by atoms with E-state index >= 15 is 0 Å². The van der Waals surface area contributed by atoms with Crippen molar-refractivity contribution in [2.75, 3.05) is 19.6 Å². The zero-order valence-corrected chi connectivity index (χ0v) is 13.8. The first kappa shape index (κ1) is 16.1. The number of fused-ring (bicyclic) bond motifs is 5.